The van der Waals surface area contributed by atoms with Crippen LogP contribution in [0.1, 0.15) is 19.4 Å². The molecule has 0 saturated heterocycles. The molecule has 1 aliphatic heterocycles. The number of nitrogens with zero attached hydrogens (tertiary/aromatic N) is 2. The lowest BCUT2D eigenvalue weighted by atomic mass is 9.96. The number of carbonyl (C=O) groups excluding carboxylic acids is 1. The molecule has 2 aromatic rings. The lowest BCUT2D eigenvalue weighted by Crippen LogP contribution is -2.33. The average molecular weight is 329 g/mol. The molecule has 0 radical (unpaired) electrons. The van der Waals surface area contributed by atoms with Gasteiger partial charge < -0.3 is 14.0 Å². The summed E-state index contributed by atoms with van der Waals surface area (Å²) in [5, 5.41) is 2.93. The number of carbonyl (C=O) groups is 1. The van der Waals surface area contributed by atoms with Gasteiger partial charge in [0.05, 0.1) is 13.0 Å². The van der Waals surface area contributed by atoms with Gasteiger partial charge in [-0.15, -0.1) is 0 Å². The molecule has 1 amide bonds. The number of methoxy groups -OCH3 is 1. The van der Waals surface area contributed by atoms with Crippen LogP contribution in [0.25, 0.3) is 0 Å². The Morgan fingerprint density at radius 1 is 1.50 bits per heavy atom. The van der Waals surface area contributed by atoms with Crippen molar-refractivity contribution in [3.05, 3.63) is 36.2 Å². The predicted molar refractivity (Wildman–Crippen MR) is 91.4 cm³/mol. The Labute approximate surface area is 141 Å². The van der Waals surface area contributed by atoms with Gasteiger partial charge in [0.2, 0.25) is 11.9 Å². The summed E-state index contributed by atoms with van der Waals surface area (Å²) in [6.45, 7) is 5.44. The molecule has 2 heterocycles. The monoisotopic (exact) mass is 329 g/mol. The Kier molecular flexibility index (Phi) is 4.74. The van der Waals surface area contributed by atoms with E-state index in [1.807, 2.05) is 29.0 Å². The molecule has 0 unspecified atom stereocenters. The van der Waals surface area contributed by atoms with Crippen molar-refractivity contribution < 1.29 is 14.3 Å². The van der Waals surface area contributed by atoms with Crippen molar-refractivity contribution in [3.63, 3.8) is 0 Å². The normalized spacial score (nSPS) is 16.4. The van der Waals surface area contributed by atoms with E-state index in [0.717, 1.165) is 23.6 Å². The zero-order valence-corrected chi connectivity index (χ0v) is 14.3. The first-order valence-electron chi connectivity index (χ1n) is 8.18. The molecule has 0 fully saturated rings. The van der Waals surface area contributed by atoms with Gasteiger partial charge >= 0.3 is 0 Å². The number of hydrogen-bond acceptors (Lipinski definition) is 4. The molecular weight excluding hydrogens is 306 g/mol. The molecule has 6 heteroatoms. The molecule has 0 bridgehead atoms. The summed E-state index contributed by atoms with van der Waals surface area (Å²) in [7, 11) is 1.63. The number of ether oxygens (including phenoxy) is 2. The Bertz CT molecular complexity index is 724. The van der Waals surface area contributed by atoms with Gasteiger partial charge in [-0.1, -0.05) is 19.9 Å². The lowest BCUT2D eigenvalue weighted by Gasteiger charge is -2.25. The molecule has 1 aromatic heterocycles. The van der Waals surface area contributed by atoms with Gasteiger partial charge in [0.25, 0.3) is 0 Å². The Morgan fingerprint density at radius 2 is 2.33 bits per heavy atom. The highest BCUT2D eigenvalue weighted by atomic mass is 16.5. The molecule has 1 N–H and O–H groups in total. The standard InChI is InChI=1S/C18H23N3O3/c1-12(2)10-21-7-6-19-18(21)20-17(22)14-8-13-4-5-15(23-3)9-16(13)24-11-14/h4-7,9,12,14H,8,10-11H2,1-3H3,(H,19,20,22)/t14-/m0/s1. The zero-order chi connectivity index (χ0) is 17.1. The summed E-state index contributed by atoms with van der Waals surface area (Å²) in [6.07, 6.45) is 4.24. The van der Waals surface area contributed by atoms with Crippen LogP contribution in [0, 0.1) is 11.8 Å². The number of anilines is 1. The van der Waals surface area contributed by atoms with Crippen LogP contribution < -0.4 is 14.8 Å². The number of hydrogen-bond donors (Lipinski definition) is 1. The zero-order valence-electron chi connectivity index (χ0n) is 14.3. The van der Waals surface area contributed by atoms with E-state index in [4.69, 9.17) is 9.47 Å². The predicted octanol–water partition coefficient (Wildman–Crippen LogP) is 2.74. The summed E-state index contributed by atoms with van der Waals surface area (Å²) in [5.74, 6) is 2.33. The molecule has 0 aliphatic carbocycles. The van der Waals surface area contributed by atoms with Gasteiger partial charge in [-0.3, -0.25) is 10.1 Å². The average Bonchev–Trinajstić information content (AvgIpc) is 2.99. The first-order chi connectivity index (χ1) is 11.6. The maximum absolute atomic E-state index is 12.6. The van der Waals surface area contributed by atoms with Gasteiger partial charge in [0.1, 0.15) is 18.1 Å². The van der Waals surface area contributed by atoms with Gasteiger partial charge in [-0.2, -0.15) is 0 Å². The second-order valence-corrected chi connectivity index (χ2v) is 6.47. The highest BCUT2D eigenvalue weighted by Crippen LogP contribution is 2.31. The van der Waals surface area contributed by atoms with E-state index in [0.29, 0.717) is 24.9 Å². The Morgan fingerprint density at radius 3 is 3.08 bits per heavy atom. The third-order valence-electron chi connectivity index (χ3n) is 4.06. The summed E-state index contributed by atoms with van der Waals surface area (Å²) in [4.78, 5) is 16.8. The van der Waals surface area contributed by atoms with Crippen molar-refractivity contribution in [3.8, 4) is 11.5 Å². The first-order valence-corrected chi connectivity index (χ1v) is 8.18. The van der Waals surface area contributed by atoms with Crippen LogP contribution in [-0.2, 0) is 17.8 Å². The fourth-order valence-corrected chi connectivity index (χ4v) is 2.83. The van der Waals surface area contributed by atoms with E-state index in [1.54, 1.807) is 13.3 Å². The van der Waals surface area contributed by atoms with Crippen molar-refractivity contribution in [2.75, 3.05) is 19.0 Å². The highest BCUT2D eigenvalue weighted by Gasteiger charge is 2.27. The molecule has 1 aromatic carbocycles. The number of aromatic nitrogens is 2. The van der Waals surface area contributed by atoms with Crippen LogP contribution in [0.3, 0.4) is 0 Å². The van der Waals surface area contributed by atoms with Crippen molar-refractivity contribution >= 4 is 11.9 Å². The maximum Gasteiger partial charge on any atom is 0.233 e. The van der Waals surface area contributed by atoms with Crippen molar-refractivity contribution in [1.82, 2.24) is 9.55 Å². The Hall–Kier alpha value is -2.50. The van der Waals surface area contributed by atoms with E-state index in [9.17, 15) is 4.79 Å². The van der Waals surface area contributed by atoms with E-state index in [2.05, 4.69) is 24.1 Å². The molecule has 24 heavy (non-hydrogen) atoms. The third-order valence-corrected chi connectivity index (χ3v) is 4.06. The van der Waals surface area contributed by atoms with Gasteiger partial charge in [-0.05, 0) is 24.0 Å². The molecule has 128 valence electrons. The van der Waals surface area contributed by atoms with E-state index in [-0.39, 0.29) is 11.8 Å². The fourth-order valence-electron chi connectivity index (χ4n) is 2.83. The minimum Gasteiger partial charge on any atom is -0.497 e. The maximum atomic E-state index is 12.6. The van der Waals surface area contributed by atoms with Crippen LogP contribution >= 0.6 is 0 Å². The van der Waals surface area contributed by atoms with Crippen molar-refractivity contribution in [2.24, 2.45) is 11.8 Å². The largest absolute Gasteiger partial charge is 0.497 e. The minimum atomic E-state index is -0.227. The SMILES string of the molecule is COc1ccc2c(c1)OC[C@@H](C(=O)Nc1nccn1CC(C)C)C2. The quantitative estimate of drug-likeness (QED) is 0.916. The highest BCUT2D eigenvalue weighted by molar-refractivity contribution is 5.91. The summed E-state index contributed by atoms with van der Waals surface area (Å²) in [5.41, 5.74) is 1.02. The van der Waals surface area contributed by atoms with Crippen LogP contribution in [-0.4, -0.2) is 29.2 Å². The third kappa shape index (κ3) is 3.53. The second kappa shape index (κ2) is 6.95. The number of benzene rings is 1. The summed E-state index contributed by atoms with van der Waals surface area (Å²) >= 11 is 0. The number of amides is 1. The van der Waals surface area contributed by atoms with Gasteiger partial charge in [-0.25, -0.2) is 4.98 Å². The summed E-state index contributed by atoms with van der Waals surface area (Å²) < 4.78 is 12.9. The molecule has 1 aliphatic rings. The van der Waals surface area contributed by atoms with Crippen LogP contribution in [0.2, 0.25) is 0 Å². The van der Waals surface area contributed by atoms with E-state index < -0.39 is 0 Å². The topological polar surface area (TPSA) is 65.4 Å². The number of imidazole rings is 1. The number of nitrogens with one attached hydrogen (secondary N) is 1. The van der Waals surface area contributed by atoms with E-state index >= 15 is 0 Å². The number of fused-ring (bicyclic) bond motifs is 1. The fraction of sp³-hybridized carbons (Fsp3) is 0.444. The van der Waals surface area contributed by atoms with Gasteiger partial charge in [0.15, 0.2) is 0 Å². The Balaban J connectivity index is 1.67. The minimum absolute atomic E-state index is 0.0623. The molecular formula is C18H23N3O3. The summed E-state index contributed by atoms with van der Waals surface area (Å²) in [6, 6.07) is 5.70. The van der Waals surface area contributed by atoms with E-state index in [1.165, 1.54) is 0 Å². The van der Waals surface area contributed by atoms with Crippen molar-refractivity contribution in [1.29, 1.82) is 0 Å². The smallest absolute Gasteiger partial charge is 0.233 e. The molecule has 0 spiro atoms. The van der Waals surface area contributed by atoms with Crippen LogP contribution in [0.4, 0.5) is 5.95 Å². The molecule has 6 nitrogen and oxygen atoms in total. The lowest BCUT2D eigenvalue weighted by molar-refractivity contribution is -0.121. The number of rotatable bonds is 5. The molecule has 1 atom stereocenters. The van der Waals surface area contributed by atoms with Crippen molar-refractivity contribution in [2.45, 2.75) is 26.8 Å². The molecule has 3 rings (SSSR count). The first kappa shape index (κ1) is 16.4. The van der Waals surface area contributed by atoms with Crippen LogP contribution in [0.5, 0.6) is 11.5 Å². The second-order valence-electron chi connectivity index (χ2n) is 6.47. The van der Waals surface area contributed by atoms with Crippen LogP contribution in [0.15, 0.2) is 30.6 Å². The molecule has 0 saturated carbocycles. The van der Waals surface area contributed by atoms with Gasteiger partial charge in [0, 0.05) is 25.0 Å².